The molecule has 6 rings (SSSR count). The number of hydrogen-bond donors (Lipinski definition) is 0. The minimum absolute atomic E-state index is 0.251. The zero-order chi connectivity index (χ0) is 31.3. The highest BCUT2D eigenvalue weighted by molar-refractivity contribution is 7.22. The Hall–Kier alpha value is -4.05. The molecule has 0 saturated heterocycles. The van der Waals surface area contributed by atoms with Gasteiger partial charge in [-0.3, -0.25) is 4.68 Å². The van der Waals surface area contributed by atoms with Crippen LogP contribution in [0.25, 0.3) is 54.3 Å². The van der Waals surface area contributed by atoms with Crippen LogP contribution in [0.2, 0.25) is 5.02 Å². The van der Waals surface area contributed by atoms with Crippen LogP contribution in [-0.2, 0) is 28.4 Å². The molecule has 0 aliphatic carbocycles. The molecule has 3 aromatic carbocycles. The number of halogens is 1. The van der Waals surface area contributed by atoms with Gasteiger partial charge >= 0.3 is 5.97 Å². The van der Waals surface area contributed by atoms with Crippen molar-refractivity contribution in [2.24, 2.45) is 14.1 Å². The average Bonchev–Trinajstić information content (AvgIpc) is 3.67. The van der Waals surface area contributed by atoms with Crippen LogP contribution in [0.3, 0.4) is 0 Å². The second-order valence-electron chi connectivity index (χ2n) is 11.8. The number of benzene rings is 3. The lowest BCUT2D eigenvalue weighted by molar-refractivity contribution is -0.166. The van der Waals surface area contributed by atoms with Gasteiger partial charge in [-0.05, 0) is 82.1 Å². The summed E-state index contributed by atoms with van der Waals surface area (Å²) in [5.41, 5.74) is 6.47. The predicted molar refractivity (Wildman–Crippen MR) is 177 cm³/mol. The number of thiazole rings is 1. The van der Waals surface area contributed by atoms with Crippen molar-refractivity contribution in [3.8, 4) is 33.2 Å². The Morgan fingerprint density at radius 3 is 2.48 bits per heavy atom. The first-order valence-corrected chi connectivity index (χ1v) is 15.6. The molecule has 0 bridgehead atoms. The van der Waals surface area contributed by atoms with Gasteiger partial charge in [0.25, 0.3) is 0 Å². The molecule has 0 fully saturated rings. The molecule has 0 spiro atoms. The minimum Gasteiger partial charge on any atom is -0.464 e. The van der Waals surface area contributed by atoms with Crippen LogP contribution in [0, 0.1) is 6.92 Å². The van der Waals surface area contributed by atoms with Crippen molar-refractivity contribution >= 4 is 50.0 Å². The highest BCUT2D eigenvalue weighted by atomic mass is 35.5. The number of rotatable bonds is 7. The fourth-order valence-corrected chi connectivity index (χ4v) is 6.70. The number of esters is 1. The highest BCUT2D eigenvalue weighted by Crippen LogP contribution is 2.44. The van der Waals surface area contributed by atoms with Gasteiger partial charge in [0, 0.05) is 47.4 Å². The fraction of sp³-hybridized carbons (Fsp3) is 0.294. The smallest absolute Gasteiger partial charge is 0.339 e. The molecule has 0 radical (unpaired) electrons. The average molecular weight is 628 g/mol. The number of imidazole rings is 1. The van der Waals surface area contributed by atoms with Crippen LogP contribution in [-0.4, -0.2) is 42.5 Å². The van der Waals surface area contributed by atoms with Crippen molar-refractivity contribution < 1.29 is 14.3 Å². The first kappa shape index (κ1) is 30.0. The lowest BCUT2D eigenvalue weighted by atomic mass is 9.91. The third-order valence-electron chi connectivity index (χ3n) is 7.39. The first-order chi connectivity index (χ1) is 20.9. The molecule has 3 aromatic heterocycles. The molecular formula is C34H34ClN5O3S. The van der Waals surface area contributed by atoms with E-state index in [-0.39, 0.29) is 6.61 Å². The normalized spacial score (nSPS) is 12.7. The van der Waals surface area contributed by atoms with Crippen LogP contribution < -0.4 is 0 Å². The molecule has 6 aromatic rings. The molecular weight excluding hydrogens is 594 g/mol. The Morgan fingerprint density at radius 1 is 1.05 bits per heavy atom. The summed E-state index contributed by atoms with van der Waals surface area (Å²) in [6.07, 6.45) is 2.93. The van der Waals surface area contributed by atoms with Gasteiger partial charge in [0.1, 0.15) is 16.5 Å². The van der Waals surface area contributed by atoms with E-state index in [1.54, 1.807) is 18.3 Å². The molecule has 3 heterocycles. The summed E-state index contributed by atoms with van der Waals surface area (Å²) in [6, 6.07) is 15.9. The van der Waals surface area contributed by atoms with E-state index >= 15 is 0 Å². The zero-order valence-electron chi connectivity index (χ0n) is 25.8. The minimum atomic E-state index is -0.931. The molecule has 226 valence electrons. The number of fused-ring (bicyclic) bond motifs is 2. The van der Waals surface area contributed by atoms with Crippen molar-refractivity contribution in [1.29, 1.82) is 0 Å². The Labute approximate surface area is 265 Å². The lowest BCUT2D eigenvalue weighted by Crippen LogP contribution is -2.29. The second-order valence-corrected chi connectivity index (χ2v) is 13.3. The highest BCUT2D eigenvalue weighted by Gasteiger charge is 2.33. The van der Waals surface area contributed by atoms with Crippen molar-refractivity contribution in [3.63, 3.8) is 0 Å². The lowest BCUT2D eigenvalue weighted by Gasteiger charge is -2.29. The first-order valence-electron chi connectivity index (χ1n) is 14.4. The van der Waals surface area contributed by atoms with E-state index in [0.717, 1.165) is 65.5 Å². The monoisotopic (exact) mass is 627 g/mol. The maximum Gasteiger partial charge on any atom is 0.339 e. The van der Waals surface area contributed by atoms with Gasteiger partial charge in [0.15, 0.2) is 6.10 Å². The zero-order valence-corrected chi connectivity index (χ0v) is 27.4. The number of carbonyl (C=O) groups is 1. The summed E-state index contributed by atoms with van der Waals surface area (Å²) in [5, 5.41) is 6.83. The van der Waals surface area contributed by atoms with E-state index in [1.807, 2.05) is 93.8 Å². The molecule has 0 unspecified atom stereocenters. The quantitative estimate of drug-likeness (QED) is 0.166. The molecule has 44 heavy (non-hydrogen) atoms. The molecule has 1 atom stereocenters. The number of hydrogen-bond acceptors (Lipinski definition) is 7. The van der Waals surface area contributed by atoms with Crippen molar-refractivity contribution in [2.45, 2.75) is 46.3 Å². The number of nitrogens with zero attached hydrogens (tertiary/aromatic N) is 5. The van der Waals surface area contributed by atoms with Crippen LogP contribution in [0.4, 0.5) is 0 Å². The Kier molecular flexibility index (Phi) is 7.82. The summed E-state index contributed by atoms with van der Waals surface area (Å²) in [7, 11) is 3.92. The molecule has 0 saturated carbocycles. The van der Waals surface area contributed by atoms with Crippen LogP contribution in [0.5, 0.6) is 0 Å². The summed E-state index contributed by atoms with van der Waals surface area (Å²) >= 11 is 7.83. The molecule has 0 aliphatic rings. The van der Waals surface area contributed by atoms with Crippen molar-refractivity contribution in [2.75, 3.05) is 6.61 Å². The molecule has 0 N–H and O–H groups in total. The van der Waals surface area contributed by atoms with Gasteiger partial charge in [-0.25, -0.2) is 14.8 Å². The maximum absolute atomic E-state index is 13.4. The van der Waals surface area contributed by atoms with Gasteiger partial charge in [-0.15, -0.1) is 11.3 Å². The Morgan fingerprint density at radius 2 is 1.77 bits per heavy atom. The molecule has 0 amide bonds. The molecule has 10 heteroatoms. The van der Waals surface area contributed by atoms with Gasteiger partial charge in [0.05, 0.1) is 34.1 Å². The van der Waals surface area contributed by atoms with Gasteiger partial charge in [-0.2, -0.15) is 5.10 Å². The SMILES string of the molecule is CCOC(=O)[C@@H](OC(C)(C)C)c1c(C)cc2nc(-c3cn(C)c(-c4ccc5c(cnn5C)c4)n3)sc2c1-c1ccc(Cl)cc1. The van der Waals surface area contributed by atoms with Gasteiger partial charge in [-0.1, -0.05) is 23.7 Å². The third-order valence-corrected chi connectivity index (χ3v) is 8.76. The van der Waals surface area contributed by atoms with E-state index in [9.17, 15) is 4.79 Å². The number of aryl methyl sites for hydroxylation is 3. The summed E-state index contributed by atoms with van der Waals surface area (Å²) in [6.45, 7) is 9.84. The topological polar surface area (TPSA) is 84.1 Å². The number of aromatic nitrogens is 5. The Bertz CT molecular complexity index is 2020. The summed E-state index contributed by atoms with van der Waals surface area (Å²) in [5.74, 6) is 0.408. The number of carbonyl (C=O) groups excluding carboxylic acids is 1. The van der Waals surface area contributed by atoms with Crippen LogP contribution in [0.1, 0.15) is 44.9 Å². The van der Waals surface area contributed by atoms with Crippen molar-refractivity contribution in [3.05, 3.63) is 77.1 Å². The molecule has 0 aliphatic heterocycles. The van der Waals surface area contributed by atoms with Gasteiger partial charge < -0.3 is 14.0 Å². The largest absolute Gasteiger partial charge is 0.464 e. The maximum atomic E-state index is 13.4. The summed E-state index contributed by atoms with van der Waals surface area (Å²) < 4.78 is 16.7. The fourth-order valence-electron chi connectivity index (χ4n) is 5.50. The van der Waals surface area contributed by atoms with Crippen LogP contribution in [0.15, 0.2) is 60.9 Å². The second kappa shape index (κ2) is 11.5. The van der Waals surface area contributed by atoms with E-state index < -0.39 is 17.7 Å². The van der Waals surface area contributed by atoms with E-state index in [0.29, 0.717) is 5.02 Å². The Balaban J connectivity index is 1.53. The van der Waals surface area contributed by atoms with E-state index in [4.69, 9.17) is 31.0 Å². The van der Waals surface area contributed by atoms with Crippen molar-refractivity contribution in [1.82, 2.24) is 24.3 Å². The van der Waals surface area contributed by atoms with Gasteiger partial charge in [0.2, 0.25) is 0 Å². The summed E-state index contributed by atoms with van der Waals surface area (Å²) in [4.78, 5) is 23.5. The molecule has 8 nitrogen and oxygen atoms in total. The van der Waals surface area contributed by atoms with E-state index in [1.165, 1.54) is 0 Å². The predicted octanol–water partition coefficient (Wildman–Crippen LogP) is 8.30. The standard InChI is InChI=1S/C34H34ClN5O3S/c1-8-42-33(41)29(43-34(3,4)5)27-19(2)15-24-30(28(27)20-9-12-23(35)13-10-20)44-32(38-24)25-18-39(6)31(37-25)21-11-14-26-22(16-21)17-36-40(26)7/h9-18,29H,8H2,1-7H3/t29-/m0/s1. The third kappa shape index (κ3) is 5.63. The van der Waals surface area contributed by atoms with E-state index in [2.05, 4.69) is 23.3 Å². The van der Waals surface area contributed by atoms with Crippen LogP contribution >= 0.6 is 22.9 Å². The number of ether oxygens (including phenoxy) is 2.